The van der Waals surface area contributed by atoms with Crippen LogP contribution in [0.2, 0.25) is 0 Å². The van der Waals surface area contributed by atoms with Crippen LogP contribution in [-0.2, 0) is 6.18 Å². The minimum atomic E-state index is -4.44. The molecule has 1 aromatic rings. The second kappa shape index (κ2) is 4.51. The Bertz CT molecular complexity index is 467. The molecule has 1 saturated carbocycles. The summed E-state index contributed by atoms with van der Waals surface area (Å²) in [5.74, 6) is -0.467. The van der Waals surface area contributed by atoms with Gasteiger partial charge < -0.3 is 10.1 Å². The second-order valence-electron chi connectivity index (χ2n) is 4.11. The summed E-state index contributed by atoms with van der Waals surface area (Å²) in [6, 6.07) is 2.90. The van der Waals surface area contributed by atoms with Crippen LogP contribution in [0.1, 0.15) is 28.8 Å². The number of hydrogen-bond acceptors (Lipinski definition) is 2. The average molecular weight is 259 g/mol. The van der Waals surface area contributed by atoms with Crippen molar-refractivity contribution in [2.45, 2.75) is 25.1 Å². The zero-order valence-corrected chi connectivity index (χ0v) is 9.67. The maximum atomic E-state index is 12.6. The minimum absolute atomic E-state index is 0.00771. The Morgan fingerprint density at radius 2 is 2.06 bits per heavy atom. The Hall–Kier alpha value is -1.72. The second-order valence-corrected chi connectivity index (χ2v) is 4.11. The monoisotopic (exact) mass is 259 g/mol. The average Bonchev–Trinajstić information content (AvgIpc) is 3.10. The van der Waals surface area contributed by atoms with E-state index in [2.05, 4.69) is 5.32 Å². The van der Waals surface area contributed by atoms with E-state index in [-0.39, 0.29) is 17.4 Å². The smallest absolute Gasteiger partial charge is 0.416 e. The lowest BCUT2D eigenvalue weighted by Crippen LogP contribution is -2.20. The van der Waals surface area contributed by atoms with Crippen molar-refractivity contribution in [2.24, 2.45) is 0 Å². The molecule has 0 bridgehead atoms. The summed E-state index contributed by atoms with van der Waals surface area (Å²) >= 11 is 0. The van der Waals surface area contributed by atoms with Crippen molar-refractivity contribution < 1.29 is 22.7 Å². The predicted octanol–water partition coefficient (Wildman–Crippen LogP) is 2.61. The number of carbonyl (C=O) groups is 1. The quantitative estimate of drug-likeness (QED) is 0.906. The molecule has 0 radical (unpaired) electrons. The number of halogens is 3. The van der Waals surface area contributed by atoms with Crippen LogP contribution in [0, 0.1) is 0 Å². The van der Waals surface area contributed by atoms with E-state index >= 15 is 0 Å². The van der Waals surface area contributed by atoms with Gasteiger partial charge >= 0.3 is 6.18 Å². The highest BCUT2D eigenvalue weighted by molar-refractivity contribution is 5.96. The van der Waals surface area contributed by atoms with Crippen molar-refractivity contribution >= 4 is 5.91 Å². The van der Waals surface area contributed by atoms with Gasteiger partial charge in [-0.05, 0) is 31.0 Å². The highest BCUT2D eigenvalue weighted by Crippen LogP contribution is 2.35. The topological polar surface area (TPSA) is 38.3 Å². The lowest BCUT2D eigenvalue weighted by atomic mass is 10.1. The molecule has 1 aromatic carbocycles. The predicted molar refractivity (Wildman–Crippen MR) is 58.5 cm³/mol. The summed E-state index contributed by atoms with van der Waals surface area (Å²) in [5, 5.41) is 2.37. The maximum absolute atomic E-state index is 12.6. The van der Waals surface area contributed by atoms with E-state index in [4.69, 9.17) is 4.74 Å². The molecule has 98 valence electrons. The summed E-state index contributed by atoms with van der Waals surface area (Å²) in [4.78, 5) is 11.5. The Labute approximate surface area is 102 Å². The zero-order valence-electron chi connectivity index (χ0n) is 9.67. The largest absolute Gasteiger partial charge is 0.490 e. The summed E-state index contributed by atoms with van der Waals surface area (Å²) in [6.07, 6.45) is -2.90. The number of ether oxygens (including phenoxy) is 1. The van der Waals surface area contributed by atoms with Crippen LogP contribution < -0.4 is 10.1 Å². The van der Waals surface area contributed by atoms with Crippen molar-refractivity contribution in [3.63, 3.8) is 0 Å². The molecule has 1 aliphatic rings. The van der Waals surface area contributed by atoms with Crippen molar-refractivity contribution in [1.29, 1.82) is 0 Å². The van der Waals surface area contributed by atoms with E-state index in [0.29, 0.717) is 0 Å². The van der Waals surface area contributed by atoms with Gasteiger partial charge in [0.25, 0.3) is 5.91 Å². The third-order valence-corrected chi connectivity index (χ3v) is 2.60. The first-order valence-electron chi connectivity index (χ1n) is 5.52. The fraction of sp³-hybridized carbons (Fsp3) is 0.417. The first kappa shape index (κ1) is 12.7. The van der Waals surface area contributed by atoms with Crippen LogP contribution >= 0.6 is 0 Å². The van der Waals surface area contributed by atoms with Gasteiger partial charge in [0, 0.05) is 7.05 Å². The third-order valence-electron chi connectivity index (χ3n) is 2.60. The molecule has 0 heterocycles. The van der Waals surface area contributed by atoms with Crippen LogP contribution in [0.25, 0.3) is 0 Å². The molecule has 6 heteroatoms. The van der Waals surface area contributed by atoms with E-state index < -0.39 is 17.6 Å². The number of alkyl halides is 3. The van der Waals surface area contributed by atoms with Gasteiger partial charge in [0.2, 0.25) is 0 Å². The normalized spacial score (nSPS) is 15.3. The molecule has 0 atom stereocenters. The molecule has 0 spiro atoms. The molecule has 1 aliphatic carbocycles. The SMILES string of the molecule is CNC(=O)c1ccc(C(F)(F)F)cc1OC1CC1. The van der Waals surface area contributed by atoms with E-state index in [1.165, 1.54) is 7.05 Å². The highest BCUT2D eigenvalue weighted by atomic mass is 19.4. The van der Waals surface area contributed by atoms with Crippen molar-refractivity contribution in [2.75, 3.05) is 7.05 Å². The highest BCUT2D eigenvalue weighted by Gasteiger charge is 2.33. The Kier molecular flexibility index (Phi) is 3.19. The van der Waals surface area contributed by atoms with Crippen LogP contribution in [0.15, 0.2) is 18.2 Å². The molecule has 0 aliphatic heterocycles. The number of carbonyl (C=O) groups excluding carboxylic acids is 1. The lowest BCUT2D eigenvalue weighted by molar-refractivity contribution is -0.137. The Morgan fingerprint density at radius 3 is 2.56 bits per heavy atom. The first-order valence-corrected chi connectivity index (χ1v) is 5.52. The molecule has 1 N–H and O–H groups in total. The molecular weight excluding hydrogens is 247 g/mol. The number of hydrogen-bond donors (Lipinski definition) is 1. The van der Waals surface area contributed by atoms with Crippen LogP contribution in [-0.4, -0.2) is 19.1 Å². The van der Waals surface area contributed by atoms with Gasteiger partial charge in [0.05, 0.1) is 17.2 Å². The van der Waals surface area contributed by atoms with Gasteiger partial charge in [0.1, 0.15) is 5.75 Å². The number of nitrogens with one attached hydrogen (secondary N) is 1. The van der Waals surface area contributed by atoms with Gasteiger partial charge in [0.15, 0.2) is 0 Å². The molecule has 0 saturated heterocycles. The minimum Gasteiger partial charge on any atom is -0.490 e. The maximum Gasteiger partial charge on any atom is 0.416 e. The molecule has 1 fully saturated rings. The van der Waals surface area contributed by atoms with E-state index in [9.17, 15) is 18.0 Å². The van der Waals surface area contributed by atoms with Gasteiger partial charge in [-0.15, -0.1) is 0 Å². The van der Waals surface area contributed by atoms with Crippen molar-refractivity contribution in [1.82, 2.24) is 5.32 Å². The number of amides is 1. The van der Waals surface area contributed by atoms with Gasteiger partial charge in [-0.1, -0.05) is 0 Å². The molecule has 1 amide bonds. The molecule has 3 nitrogen and oxygen atoms in total. The Morgan fingerprint density at radius 1 is 1.39 bits per heavy atom. The van der Waals surface area contributed by atoms with Crippen molar-refractivity contribution in [3.05, 3.63) is 29.3 Å². The molecule has 18 heavy (non-hydrogen) atoms. The summed E-state index contributed by atoms with van der Waals surface area (Å²) in [7, 11) is 1.42. The van der Waals surface area contributed by atoms with Crippen molar-refractivity contribution in [3.8, 4) is 5.75 Å². The molecule has 0 unspecified atom stereocenters. The summed E-state index contributed by atoms with van der Waals surface area (Å²) < 4.78 is 43.1. The molecule has 0 aromatic heterocycles. The fourth-order valence-electron chi connectivity index (χ4n) is 1.48. The van der Waals surface area contributed by atoms with E-state index in [0.717, 1.165) is 31.0 Å². The Balaban J connectivity index is 2.37. The summed E-state index contributed by atoms with van der Waals surface area (Å²) in [6.45, 7) is 0. The number of rotatable bonds is 3. The fourth-order valence-corrected chi connectivity index (χ4v) is 1.48. The van der Waals surface area contributed by atoms with E-state index in [1.807, 2.05) is 0 Å². The van der Waals surface area contributed by atoms with Crippen LogP contribution in [0.5, 0.6) is 5.75 Å². The standard InChI is InChI=1S/C12H12F3NO2/c1-16-11(17)9-5-2-7(12(13,14)15)6-10(9)18-8-3-4-8/h2,5-6,8H,3-4H2,1H3,(H,16,17). The third kappa shape index (κ3) is 2.75. The summed E-state index contributed by atoms with van der Waals surface area (Å²) in [5.41, 5.74) is -0.691. The van der Waals surface area contributed by atoms with Crippen LogP contribution in [0.4, 0.5) is 13.2 Å². The zero-order chi connectivity index (χ0) is 13.3. The molecule has 2 rings (SSSR count). The van der Waals surface area contributed by atoms with Gasteiger partial charge in [-0.3, -0.25) is 4.79 Å². The molecular formula is C12H12F3NO2. The van der Waals surface area contributed by atoms with Gasteiger partial charge in [-0.25, -0.2) is 0 Å². The first-order chi connectivity index (χ1) is 8.41. The van der Waals surface area contributed by atoms with E-state index in [1.54, 1.807) is 0 Å². The number of benzene rings is 1. The lowest BCUT2D eigenvalue weighted by Gasteiger charge is -2.13. The van der Waals surface area contributed by atoms with Gasteiger partial charge in [-0.2, -0.15) is 13.2 Å². The van der Waals surface area contributed by atoms with Crippen LogP contribution in [0.3, 0.4) is 0 Å².